The number of hydrogen-bond acceptors (Lipinski definition) is 15. The van der Waals surface area contributed by atoms with Crippen LogP contribution in [0.2, 0.25) is 0 Å². The van der Waals surface area contributed by atoms with Gasteiger partial charge in [-0.2, -0.15) is 4.98 Å². The van der Waals surface area contributed by atoms with Gasteiger partial charge in [0, 0.05) is 24.6 Å². The number of anilines is 1. The van der Waals surface area contributed by atoms with Gasteiger partial charge in [-0.05, 0) is 6.42 Å². The van der Waals surface area contributed by atoms with Crippen LogP contribution in [0.5, 0.6) is 5.88 Å². The lowest BCUT2D eigenvalue weighted by molar-refractivity contribution is -0.0519. The van der Waals surface area contributed by atoms with E-state index in [1.165, 1.54) is 23.4 Å². The Morgan fingerprint density at radius 1 is 1.17 bits per heavy atom. The van der Waals surface area contributed by atoms with E-state index in [0.29, 0.717) is 5.88 Å². The van der Waals surface area contributed by atoms with Crippen LogP contribution in [0, 0.1) is 5.92 Å². The third-order valence-electron chi connectivity index (χ3n) is 6.84. The largest absolute Gasteiger partial charge is 0.474 e. The van der Waals surface area contributed by atoms with E-state index in [1.54, 1.807) is 6.07 Å². The molecular formula is C20H25N7O11P2S. The summed E-state index contributed by atoms with van der Waals surface area (Å²) in [6, 6.07) is 1.56. The van der Waals surface area contributed by atoms with E-state index in [9.17, 15) is 23.9 Å². The van der Waals surface area contributed by atoms with E-state index < -0.39 is 69.5 Å². The second kappa shape index (κ2) is 11.0. The topological polar surface area (TPSA) is 245 Å². The second-order valence-electron chi connectivity index (χ2n) is 9.59. The Morgan fingerprint density at radius 2 is 2.00 bits per heavy atom. The van der Waals surface area contributed by atoms with Crippen LogP contribution in [0.1, 0.15) is 19.1 Å². The van der Waals surface area contributed by atoms with Crippen molar-refractivity contribution in [3.05, 3.63) is 35.3 Å². The molecule has 18 nitrogen and oxygen atoms in total. The molecule has 3 aromatic heterocycles. The second-order valence-corrected chi connectivity index (χ2v) is 13.9. The third kappa shape index (κ3) is 6.06. The van der Waals surface area contributed by atoms with Crippen molar-refractivity contribution >= 4 is 44.0 Å². The number of fused-ring (bicyclic) bond motifs is 4. The predicted molar refractivity (Wildman–Crippen MR) is 140 cm³/mol. The lowest BCUT2D eigenvalue weighted by Crippen LogP contribution is -2.35. The molecule has 21 heteroatoms. The maximum atomic E-state index is 13.2. The fourth-order valence-corrected chi connectivity index (χ4v) is 7.56. The minimum atomic E-state index is -4.85. The van der Waals surface area contributed by atoms with Gasteiger partial charge in [0.25, 0.3) is 5.56 Å². The molecule has 0 amide bonds. The molecule has 1 unspecified atom stereocenters. The normalized spacial score (nSPS) is 38.1. The lowest BCUT2D eigenvalue weighted by atomic mass is 10.1. The minimum Gasteiger partial charge on any atom is -0.474 e. The number of aromatic amines is 1. The Balaban J connectivity index is 1.28. The summed E-state index contributed by atoms with van der Waals surface area (Å²) in [6.07, 6.45) is -2.51. The third-order valence-corrected chi connectivity index (χ3v) is 9.47. The molecule has 5 N–H and O–H groups in total. The summed E-state index contributed by atoms with van der Waals surface area (Å²) in [7, 11) is -4.85. The zero-order valence-corrected chi connectivity index (χ0v) is 23.6. The summed E-state index contributed by atoms with van der Waals surface area (Å²) >= 11 is 4.09. The Bertz CT molecular complexity index is 1580. The molecule has 3 aliphatic rings. The monoisotopic (exact) mass is 633 g/mol. The zero-order chi connectivity index (χ0) is 28.9. The van der Waals surface area contributed by atoms with Gasteiger partial charge in [0.15, 0.2) is 17.4 Å². The highest BCUT2D eigenvalue weighted by Crippen LogP contribution is 2.58. The molecule has 2 aliphatic heterocycles. The first kappa shape index (κ1) is 28.7. The molecule has 1 saturated carbocycles. The van der Waals surface area contributed by atoms with E-state index in [4.69, 9.17) is 33.3 Å². The van der Waals surface area contributed by atoms with Crippen LogP contribution >= 0.6 is 26.9 Å². The molecule has 3 fully saturated rings. The first-order chi connectivity index (χ1) is 19.5. The molecule has 6 rings (SSSR count). The Hall–Kier alpha value is -2.44. The summed E-state index contributed by atoms with van der Waals surface area (Å²) in [6.45, 7) is -4.92. The number of phosphoric acid groups is 1. The quantitative estimate of drug-likeness (QED) is 0.195. The maximum Gasteiger partial charge on any atom is 0.472 e. The van der Waals surface area contributed by atoms with E-state index in [0.717, 1.165) is 0 Å². The number of hydrogen-bond donors (Lipinski definition) is 5. The van der Waals surface area contributed by atoms with Crippen molar-refractivity contribution in [2.24, 2.45) is 5.92 Å². The number of nitrogens with one attached hydrogen (secondary N) is 1. The standard InChI is InChI=1S/C20H25N7O11P2S/c21-20-25-17-14(18(29)26-20)24-8-27(17)19-16-15(28)12(36-19)6-34-40(32,41)37-11-4-10(35-13-1-2-22-7-23-13)3-9(11)5-33-39(30,31)38-16/h1-2,7-12,15-16,19,28H,3-6H2,(H,30,31)(H,32,41)(H3,21,25,26,29)/t9-,10-,11+,12-,15-,16-,19-,40-/m1/s1. The van der Waals surface area contributed by atoms with Crippen molar-refractivity contribution in [3.63, 3.8) is 0 Å². The zero-order valence-electron chi connectivity index (χ0n) is 20.9. The number of thiol groups is 1. The number of H-pyrrole nitrogens is 1. The van der Waals surface area contributed by atoms with Crippen LogP contribution in [0.4, 0.5) is 5.95 Å². The molecule has 222 valence electrons. The van der Waals surface area contributed by atoms with E-state index in [-0.39, 0.29) is 36.6 Å². The number of nitrogens with two attached hydrogens (primary N) is 1. The van der Waals surface area contributed by atoms with Gasteiger partial charge >= 0.3 is 14.6 Å². The molecule has 0 radical (unpaired) electrons. The van der Waals surface area contributed by atoms with Crippen molar-refractivity contribution < 1.29 is 46.7 Å². The fourth-order valence-electron chi connectivity index (χ4n) is 5.02. The number of aliphatic hydroxyl groups excluding tert-OH is 1. The highest BCUT2D eigenvalue weighted by atomic mass is 32.7. The summed E-state index contributed by atoms with van der Waals surface area (Å²) in [4.78, 5) is 41.1. The summed E-state index contributed by atoms with van der Waals surface area (Å²) < 4.78 is 61.1. The van der Waals surface area contributed by atoms with Gasteiger partial charge in [-0.25, -0.2) is 24.1 Å². The minimum absolute atomic E-state index is 0.0415. The molecule has 2 bridgehead atoms. The summed E-state index contributed by atoms with van der Waals surface area (Å²) in [5, 5.41) is 11.0. The van der Waals surface area contributed by atoms with E-state index in [2.05, 4.69) is 37.2 Å². The van der Waals surface area contributed by atoms with Crippen LogP contribution in [0.25, 0.3) is 11.2 Å². The Labute approximate surface area is 235 Å². The molecule has 9 atom stereocenters. The number of nitrogen functional groups attached to an aromatic ring is 1. The molecule has 0 spiro atoms. The predicted octanol–water partition coefficient (Wildman–Crippen LogP) is 0.563. The molecule has 41 heavy (non-hydrogen) atoms. The highest BCUT2D eigenvalue weighted by molar-refractivity contribution is 8.44. The number of phosphoric ester groups is 1. The van der Waals surface area contributed by atoms with Crippen molar-refractivity contribution in [2.75, 3.05) is 18.9 Å². The average Bonchev–Trinajstić information content (AvgIpc) is 3.57. The SMILES string of the molecule is Nc1nc2c(ncn2[C@@H]2O[C@@H]3CO[P@@](=O)(S)O[C@H]4C[C@H](Oc5ccncn5)C[C@@H]4COP(=O)(O)O[C@@H]2[C@@H]3O)c(=O)[nH]1. The molecular weight excluding hydrogens is 608 g/mol. The molecule has 5 heterocycles. The maximum absolute atomic E-state index is 13.2. The summed E-state index contributed by atoms with van der Waals surface area (Å²) in [5.41, 5.74) is 4.89. The van der Waals surface area contributed by atoms with Crippen LogP contribution in [0.15, 0.2) is 29.7 Å². The first-order valence-corrected chi connectivity index (χ1v) is 16.5. The van der Waals surface area contributed by atoms with Gasteiger partial charge in [0.1, 0.15) is 30.7 Å². The number of nitrogens with zero attached hydrogens (tertiary/aromatic N) is 5. The number of aliphatic hydroxyl groups is 1. The molecule has 1 aliphatic carbocycles. The molecule has 2 saturated heterocycles. The van der Waals surface area contributed by atoms with Crippen LogP contribution in [-0.4, -0.2) is 83.2 Å². The molecule has 3 aromatic rings. The number of rotatable bonds is 3. The van der Waals surface area contributed by atoms with Gasteiger partial charge in [-0.3, -0.25) is 32.4 Å². The van der Waals surface area contributed by atoms with Crippen molar-refractivity contribution in [1.82, 2.24) is 29.5 Å². The summed E-state index contributed by atoms with van der Waals surface area (Å²) in [5.74, 6) is -0.499. The number of aromatic nitrogens is 6. The van der Waals surface area contributed by atoms with Crippen molar-refractivity contribution in [2.45, 2.75) is 49.6 Å². The van der Waals surface area contributed by atoms with Gasteiger partial charge in [0.2, 0.25) is 11.8 Å². The average molecular weight is 633 g/mol. The molecule has 0 aromatic carbocycles. The van der Waals surface area contributed by atoms with Crippen LogP contribution in [-0.2, 0) is 32.0 Å². The van der Waals surface area contributed by atoms with Gasteiger partial charge in [0.05, 0.1) is 25.6 Å². The van der Waals surface area contributed by atoms with Crippen molar-refractivity contribution in [1.29, 1.82) is 0 Å². The van der Waals surface area contributed by atoms with Gasteiger partial charge < -0.3 is 25.2 Å². The van der Waals surface area contributed by atoms with Crippen LogP contribution in [0.3, 0.4) is 0 Å². The van der Waals surface area contributed by atoms with Gasteiger partial charge in [-0.1, -0.05) is 12.2 Å². The van der Waals surface area contributed by atoms with E-state index in [1.807, 2.05) is 0 Å². The number of imidazole rings is 1. The Kier molecular flexibility index (Phi) is 7.69. The van der Waals surface area contributed by atoms with E-state index >= 15 is 0 Å². The van der Waals surface area contributed by atoms with Gasteiger partial charge in [-0.15, -0.1) is 0 Å². The van der Waals surface area contributed by atoms with Crippen molar-refractivity contribution in [3.8, 4) is 5.88 Å². The number of ether oxygens (including phenoxy) is 2. The highest BCUT2D eigenvalue weighted by Gasteiger charge is 2.51. The smallest absolute Gasteiger partial charge is 0.472 e. The fraction of sp³-hybridized carbons (Fsp3) is 0.550. The Morgan fingerprint density at radius 3 is 2.78 bits per heavy atom. The van der Waals surface area contributed by atoms with Crippen LogP contribution < -0.4 is 16.0 Å². The first-order valence-electron chi connectivity index (χ1n) is 12.3. The lowest BCUT2D eigenvalue weighted by Gasteiger charge is -2.26.